The molecule has 2 aromatic carbocycles. The van der Waals surface area contributed by atoms with Gasteiger partial charge >= 0.3 is 6.03 Å². The van der Waals surface area contributed by atoms with E-state index in [1.807, 2.05) is 31.2 Å². The van der Waals surface area contributed by atoms with Crippen LogP contribution in [-0.2, 0) is 4.79 Å². The Labute approximate surface area is 182 Å². The van der Waals surface area contributed by atoms with Crippen molar-refractivity contribution in [2.24, 2.45) is 0 Å². The fourth-order valence-corrected chi connectivity index (χ4v) is 4.08. The third kappa shape index (κ3) is 5.48. The summed E-state index contributed by atoms with van der Waals surface area (Å²) in [5.74, 6) is 1.26. The van der Waals surface area contributed by atoms with Crippen LogP contribution < -0.4 is 25.0 Å². The van der Waals surface area contributed by atoms with E-state index in [0.717, 1.165) is 37.0 Å². The van der Waals surface area contributed by atoms with Crippen molar-refractivity contribution in [2.45, 2.75) is 45.1 Å². The Morgan fingerprint density at radius 1 is 1.16 bits per heavy atom. The van der Waals surface area contributed by atoms with E-state index in [4.69, 9.17) is 9.47 Å². The highest BCUT2D eigenvalue weighted by Crippen LogP contribution is 2.34. The fourth-order valence-electron chi connectivity index (χ4n) is 4.08. The van der Waals surface area contributed by atoms with Crippen molar-refractivity contribution < 1.29 is 19.1 Å². The van der Waals surface area contributed by atoms with E-state index < -0.39 is 0 Å². The molecule has 3 amide bonds. The van der Waals surface area contributed by atoms with Crippen LogP contribution in [-0.4, -0.2) is 37.7 Å². The molecule has 0 atom stereocenters. The van der Waals surface area contributed by atoms with Crippen LogP contribution in [0.5, 0.6) is 11.5 Å². The number of nitrogens with zero attached hydrogens (tertiary/aromatic N) is 1. The lowest BCUT2D eigenvalue weighted by Gasteiger charge is -2.30. The minimum Gasteiger partial charge on any atom is -0.492 e. The van der Waals surface area contributed by atoms with Crippen LogP contribution in [0.15, 0.2) is 42.5 Å². The quantitative estimate of drug-likeness (QED) is 0.728. The van der Waals surface area contributed by atoms with Crippen LogP contribution in [0.4, 0.5) is 16.2 Å². The molecule has 164 valence electrons. The average molecular weight is 424 g/mol. The molecular weight excluding hydrogens is 394 g/mol. The van der Waals surface area contributed by atoms with Crippen molar-refractivity contribution in [1.29, 1.82) is 0 Å². The number of rotatable bonds is 6. The molecule has 0 aromatic heterocycles. The standard InChI is InChI=1S/C24H29N3O4/c1-17-6-5-9-20(14-17)30-13-12-27-21-15-19(10-11-22(21)31-16-23(27)28)26-24(29)25-18-7-3-2-4-8-18/h5-6,9-11,14-15,18H,2-4,7-8,12-13,16H2,1H3,(H2,25,26,29). The highest BCUT2D eigenvalue weighted by molar-refractivity contribution is 5.99. The molecule has 2 aliphatic rings. The number of nitrogens with one attached hydrogen (secondary N) is 2. The molecule has 1 aliphatic carbocycles. The summed E-state index contributed by atoms with van der Waals surface area (Å²) in [4.78, 5) is 26.5. The summed E-state index contributed by atoms with van der Waals surface area (Å²) < 4.78 is 11.4. The van der Waals surface area contributed by atoms with E-state index in [0.29, 0.717) is 30.3 Å². The number of benzene rings is 2. The van der Waals surface area contributed by atoms with E-state index in [-0.39, 0.29) is 24.6 Å². The fraction of sp³-hybridized carbons (Fsp3) is 0.417. The van der Waals surface area contributed by atoms with Gasteiger partial charge in [0.2, 0.25) is 0 Å². The zero-order chi connectivity index (χ0) is 21.6. The van der Waals surface area contributed by atoms with Crippen molar-refractivity contribution >= 4 is 23.3 Å². The first-order valence-corrected chi connectivity index (χ1v) is 10.9. The second kappa shape index (κ2) is 9.73. The van der Waals surface area contributed by atoms with Crippen molar-refractivity contribution in [2.75, 3.05) is 30.0 Å². The van der Waals surface area contributed by atoms with Gasteiger partial charge in [-0.2, -0.15) is 0 Å². The van der Waals surface area contributed by atoms with Gasteiger partial charge in [-0.15, -0.1) is 0 Å². The summed E-state index contributed by atoms with van der Waals surface area (Å²) in [7, 11) is 0. The molecule has 2 aromatic rings. The topological polar surface area (TPSA) is 79.9 Å². The van der Waals surface area contributed by atoms with Crippen LogP contribution >= 0.6 is 0 Å². The third-order valence-corrected chi connectivity index (χ3v) is 5.67. The lowest BCUT2D eigenvalue weighted by atomic mass is 9.96. The number of fused-ring (bicyclic) bond motifs is 1. The van der Waals surface area contributed by atoms with Gasteiger partial charge < -0.3 is 25.0 Å². The van der Waals surface area contributed by atoms with E-state index in [1.54, 1.807) is 23.1 Å². The van der Waals surface area contributed by atoms with Gasteiger partial charge in [0.05, 0.1) is 12.2 Å². The Hall–Kier alpha value is -3.22. The number of aryl methyl sites for hydroxylation is 1. The van der Waals surface area contributed by atoms with E-state index >= 15 is 0 Å². The maximum absolute atomic E-state index is 12.5. The molecular formula is C24H29N3O4. The first-order chi connectivity index (χ1) is 15.1. The third-order valence-electron chi connectivity index (χ3n) is 5.67. The van der Waals surface area contributed by atoms with Crippen LogP contribution in [0.1, 0.15) is 37.7 Å². The molecule has 0 radical (unpaired) electrons. The summed E-state index contributed by atoms with van der Waals surface area (Å²) in [6, 6.07) is 13.2. The van der Waals surface area contributed by atoms with Gasteiger partial charge in [-0.1, -0.05) is 31.4 Å². The van der Waals surface area contributed by atoms with E-state index in [9.17, 15) is 9.59 Å². The highest BCUT2D eigenvalue weighted by atomic mass is 16.5. The molecule has 0 saturated heterocycles. The number of ether oxygens (including phenoxy) is 2. The number of hydrogen-bond acceptors (Lipinski definition) is 4. The number of amides is 3. The van der Waals surface area contributed by atoms with Crippen molar-refractivity contribution in [3.8, 4) is 11.5 Å². The number of anilines is 2. The lowest BCUT2D eigenvalue weighted by molar-refractivity contribution is -0.121. The molecule has 0 bridgehead atoms. The second-order valence-corrected chi connectivity index (χ2v) is 8.11. The van der Waals surface area contributed by atoms with Crippen molar-refractivity contribution in [3.63, 3.8) is 0 Å². The van der Waals surface area contributed by atoms with Crippen molar-refractivity contribution in [3.05, 3.63) is 48.0 Å². The first kappa shape index (κ1) is 21.0. The number of carbonyl (C=O) groups is 2. The van der Waals surface area contributed by atoms with E-state index in [2.05, 4.69) is 10.6 Å². The van der Waals surface area contributed by atoms with Gasteiger partial charge in [-0.25, -0.2) is 4.79 Å². The molecule has 2 N–H and O–H groups in total. The van der Waals surface area contributed by atoms with Gasteiger partial charge in [0, 0.05) is 11.7 Å². The SMILES string of the molecule is Cc1cccc(OCCN2C(=O)COc3ccc(NC(=O)NC4CCCCC4)cc32)c1. The second-order valence-electron chi connectivity index (χ2n) is 8.11. The van der Waals surface area contributed by atoms with Gasteiger partial charge in [0.15, 0.2) is 6.61 Å². The minimum absolute atomic E-state index is 0.00755. The number of carbonyl (C=O) groups excluding carboxylic acids is 2. The monoisotopic (exact) mass is 423 g/mol. The van der Waals surface area contributed by atoms with Crippen LogP contribution in [0.25, 0.3) is 0 Å². The molecule has 4 rings (SSSR count). The average Bonchev–Trinajstić information content (AvgIpc) is 2.76. The molecule has 1 saturated carbocycles. The molecule has 0 spiro atoms. The normalized spacial score (nSPS) is 16.3. The molecule has 1 fully saturated rings. The predicted molar refractivity (Wildman–Crippen MR) is 120 cm³/mol. The number of hydrogen-bond donors (Lipinski definition) is 2. The van der Waals surface area contributed by atoms with Gasteiger partial charge in [-0.05, 0) is 55.7 Å². The summed E-state index contributed by atoms with van der Waals surface area (Å²) in [6.07, 6.45) is 5.59. The van der Waals surface area contributed by atoms with E-state index in [1.165, 1.54) is 6.42 Å². The Bertz CT molecular complexity index is 940. The molecule has 7 heteroatoms. The highest BCUT2D eigenvalue weighted by Gasteiger charge is 2.26. The lowest BCUT2D eigenvalue weighted by Crippen LogP contribution is -2.41. The molecule has 7 nitrogen and oxygen atoms in total. The first-order valence-electron chi connectivity index (χ1n) is 10.9. The summed E-state index contributed by atoms with van der Waals surface area (Å²) in [5, 5.41) is 5.93. The molecule has 31 heavy (non-hydrogen) atoms. The van der Waals surface area contributed by atoms with Crippen LogP contribution in [0.3, 0.4) is 0 Å². The minimum atomic E-state index is -0.218. The summed E-state index contributed by atoms with van der Waals surface area (Å²) >= 11 is 0. The largest absolute Gasteiger partial charge is 0.492 e. The van der Waals surface area contributed by atoms with Crippen molar-refractivity contribution in [1.82, 2.24) is 5.32 Å². The van der Waals surface area contributed by atoms with Gasteiger partial charge in [0.1, 0.15) is 18.1 Å². The molecule has 1 aliphatic heterocycles. The van der Waals surface area contributed by atoms with Gasteiger partial charge in [0.25, 0.3) is 5.91 Å². The molecule has 1 heterocycles. The Morgan fingerprint density at radius 2 is 2.00 bits per heavy atom. The zero-order valence-corrected chi connectivity index (χ0v) is 17.9. The maximum atomic E-state index is 12.5. The summed E-state index contributed by atoms with van der Waals surface area (Å²) in [6.45, 7) is 2.75. The Balaban J connectivity index is 1.39. The zero-order valence-electron chi connectivity index (χ0n) is 17.9. The van der Waals surface area contributed by atoms with Crippen LogP contribution in [0.2, 0.25) is 0 Å². The maximum Gasteiger partial charge on any atom is 0.319 e. The smallest absolute Gasteiger partial charge is 0.319 e. The Morgan fingerprint density at radius 3 is 2.81 bits per heavy atom. The predicted octanol–water partition coefficient (Wildman–Crippen LogP) is 4.25. The number of urea groups is 1. The van der Waals surface area contributed by atoms with Crippen LogP contribution in [0, 0.1) is 6.92 Å². The molecule has 0 unspecified atom stereocenters. The summed E-state index contributed by atoms with van der Waals surface area (Å²) in [5.41, 5.74) is 2.38. The van der Waals surface area contributed by atoms with Gasteiger partial charge in [-0.3, -0.25) is 4.79 Å². The Kier molecular flexibility index (Phi) is 6.60.